The number of hydrogen-bond donors (Lipinski definition) is 1. The number of likely N-dealkylation sites (N-methyl/N-ethyl adjacent to an activating group) is 1. The standard InChI is InChI=1S/C32H44F3N5O4S/c1-22-20-26(29(41)39-17-15-38(3)16-18-39)21-23(2)27(22)9-19-45(43,44)40-13-11-31(12-14-40)30(42)36-28(37-31)25-6-4-24(5-7-25)8-10-32(33,34)35/h9,19-21,24-25H,4-8,10-18H2,1-3H3,(H,36,37,42)/b19-9+. The Hall–Kier alpha value is -2.77. The number of benzene rings is 1. The van der Waals surface area contributed by atoms with E-state index in [9.17, 15) is 31.2 Å². The number of alkyl halides is 3. The average molecular weight is 652 g/mol. The third-order valence-electron chi connectivity index (χ3n) is 10.0. The van der Waals surface area contributed by atoms with Crippen LogP contribution < -0.4 is 5.32 Å². The van der Waals surface area contributed by atoms with E-state index in [2.05, 4.69) is 10.2 Å². The molecule has 1 aromatic carbocycles. The smallest absolute Gasteiger partial charge is 0.336 e. The van der Waals surface area contributed by atoms with E-state index >= 15 is 0 Å². The molecule has 5 rings (SSSR count). The van der Waals surface area contributed by atoms with E-state index in [0.29, 0.717) is 50.2 Å². The van der Waals surface area contributed by atoms with Gasteiger partial charge < -0.3 is 15.1 Å². The minimum atomic E-state index is -4.14. The molecule has 1 spiro atoms. The van der Waals surface area contributed by atoms with Crippen molar-refractivity contribution in [1.82, 2.24) is 19.4 Å². The zero-order chi connectivity index (χ0) is 32.6. The van der Waals surface area contributed by atoms with Crippen molar-refractivity contribution >= 4 is 33.7 Å². The van der Waals surface area contributed by atoms with Crippen molar-refractivity contribution in [3.63, 3.8) is 0 Å². The molecule has 0 unspecified atom stereocenters. The summed E-state index contributed by atoms with van der Waals surface area (Å²) in [5, 5.41) is 4.12. The first kappa shape index (κ1) is 33.6. The Balaban J connectivity index is 1.18. The number of piperazine rings is 1. The van der Waals surface area contributed by atoms with Crippen LogP contribution in [0.25, 0.3) is 6.08 Å². The first-order valence-corrected chi connectivity index (χ1v) is 17.4. The molecule has 1 aliphatic carbocycles. The first-order chi connectivity index (χ1) is 21.2. The fourth-order valence-electron chi connectivity index (χ4n) is 7.07. The van der Waals surface area contributed by atoms with E-state index in [-0.39, 0.29) is 56.0 Å². The molecule has 3 heterocycles. The van der Waals surface area contributed by atoms with Crippen LogP contribution in [0.4, 0.5) is 13.2 Å². The van der Waals surface area contributed by atoms with Gasteiger partial charge >= 0.3 is 6.18 Å². The molecule has 248 valence electrons. The van der Waals surface area contributed by atoms with Crippen molar-refractivity contribution in [3.05, 3.63) is 39.8 Å². The zero-order valence-corrected chi connectivity index (χ0v) is 27.1. The molecule has 0 aromatic heterocycles. The Kier molecular flexibility index (Phi) is 9.82. The number of aliphatic imine (C=N–C) groups is 1. The second kappa shape index (κ2) is 13.2. The maximum Gasteiger partial charge on any atom is 0.389 e. The summed E-state index contributed by atoms with van der Waals surface area (Å²) in [5.74, 6) is 0.406. The molecule has 1 saturated carbocycles. The van der Waals surface area contributed by atoms with Gasteiger partial charge in [-0.25, -0.2) is 8.42 Å². The lowest BCUT2D eigenvalue weighted by Gasteiger charge is -2.34. The van der Waals surface area contributed by atoms with Gasteiger partial charge in [0, 0.05) is 62.6 Å². The van der Waals surface area contributed by atoms with Crippen LogP contribution in [0.5, 0.6) is 0 Å². The lowest BCUT2D eigenvalue weighted by molar-refractivity contribution is -0.138. The van der Waals surface area contributed by atoms with E-state index in [1.165, 1.54) is 9.71 Å². The number of carbonyl (C=O) groups excluding carboxylic acids is 2. The van der Waals surface area contributed by atoms with E-state index in [1.807, 2.05) is 37.9 Å². The zero-order valence-electron chi connectivity index (χ0n) is 26.3. The Morgan fingerprint density at radius 2 is 1.62 bits per heavy atom. The van der Waals surface area contributed by atoms with Crippen LogP contribution in [0.15, 0.2) is 22.5 Å². The molecule has 13 heteroatoms. The molecule has 0 bridgehead atoms. The topological polar surface area (TPSA) is 102 Å². The van der Waals surface area contributed by atoms with Gasteiger partial charge in [0.15, 0.2) is 0 Å². The molecule has 3 aliphatic heterocycles. The highest BCUT2D eigenvalue weighted by Crippen LogP contribution is 2.38. The summed E-state index contributed by atoms with van der Waals surface area (Å²) in [6, 6.07) is 3.63. The van der Waals surface area contributed by atoms with Crippen LogP contribution in [-0.4, -0.2) is 98.2 Å². The molecule has 0 atom stereocenters. The fourth-order valence-corrected chi connectivity index (χ4v) is 8.24. The van der Waals surface area contributed by atoms with E-state index in [1.54, 1.807) is 6.08 Å². The van der Waals surface area contributed by atoms with Crippen LogP contribution in [0, 0.1) is 25.7 Å². The van der Waals surface area contributed by atoms with Crippen molar-refractivity contribution in [2.45, 2.75) is 76.9 Å². The minimum absolute atomic E-state index is 0.00914. The summed E-state index contributed by atoms with van der Waals surface area (Å²) in [5.41, 5.74) is 1.97. The van der Waals surface area contributed by atoms with Crippen molar-refractivity contribution in [2.75, 3.05) is 46.3 Å². The summed E-state index contributed by atoms with van der Waals surface area (Å²) < 4.78 is 65.8. The van der Waals surface area contributed by atoms with E-state index in [0.717, 1.165) is 29.8 Å². The van der Waals surface area contributed by atoms with Crippen LogP contribution in [0.3, 0.4) is 0 Å². The molecule has 2 saturated heterocycles. The number of sulfonamides is 1. The predicted octanol–water partition coefficient (Wildman–Crippen LogP) is 4.50. The Morgan fingerprint density at radius 3 is 2.20 bits per heavy atom. The molecule has 4 aliphatic rings. The van der Waals surface area contributed by atoms with Crippen molar-refractivity contribution in [2.24, 2.45) is 16.8 Å². The number of nitrogens with one attached hydrogen (secondary N) is 1. The number of carbonyl (C=O) groups is 2. The largest absolute Gasteiger partial charge is 0.389 e. The van der Waals surface area contributed by atoms with Crippen LogP contribution >= 0.6 is 0 Å². The van der Waals surface area contributed by atoms with Gasteiger partial charge in [0.25, 0.3) is 11.8 Å². The summed E-state index contributed by atoms with van der Waals surface area (Å²) in [4.78, 5) is 34.9. The number of rotatable bonds is 7. The number of amidine groups is 1. The van der Waals surface area contributed by atoms with Gasteiger partial charge in [-0.1, -0.05) is 0 Å². The van der Waals surface area contributed by atoms with Crippen molar-refractivity contribution < 1.29 is 31.2 Å². The van der Waals surface area contributed by atoms with Crippen LogP contribution in [0.2, 0.25) is 0 Å². The first-order valence-electron chi connectivity index (χ1n) is 15.9. The normalized spacial score (nSPS) is 25.2. The van der Waals surface area contributed by atoms with Gasteiger partial charge in [-0.2, -0.15) is 17.5 Å². The minimum Gasteiger partial charge on any atom is -0.336 e. The summed E-state index contributed by atoms with van der Waals surface area (Å²) in [6.07, 6.45) is 0.0674. The SMILES string of the molecule is Cc1cc(C(=O)N2CCN(C)CC2)cc(C)c1/C=C/S(=O)(=O)N1CCC2(CC1)N=C(C1CCC(CCC(F)(F)F)CC1)NC2=O. The lowest BCUT2D eigenvalue weighted by atomic mass is 9.79. The Morgan fingerprint density at radius 1 is 1.02 bits per heavy atom. The second-order valence-corrected chi connectivity index (χ2v) is 15.0. The number of halogens is 3. The van der Waals surface area contributed by atoms with E-state index < -0.39 is 28.2 Å². The number of hydrogen-bond acceptors (Lipinski definition) is 6. The molecule has 1 N–H and O–H groups in total. The summed E-state index contributed by atoms with van der Waals surface area (Å²) in [7, 11) is -1.74. The highest BCUT2D eigenvalue weighted by molar-refractivity contribution is 7.92. The van der Waals surface area contributed by atoms with Gasteiger partial charge in [0.1, 0.15) is 11.4 Å². The van der Waals surface area contributed by atoms with Gasteiger partial charge in [-0.3, -0.25) is 14.6 Å². The van der Waals surface area contributed by atoms with Gasteiger partial charge in [-0.05, 0) is 107 Å². The van der Waals surface area contributed by atoms with Gasteiger partial charge in [0.2, 0.25) is 10.0 Å². The van der Waals surface area contributed by atoms with Crippen LogP contribution in [0.1, 0.15) is 78.4 Å². The molecule has 9 nitrogen and oxygen atoms in total. The van der Waals surface area contributed by atoms with Gasteiger partial charge in [0.05, 0.1) is 0 Å². The summed E-state index contributed by atoms with van der Waals surface area (Å²) >= 11 is 0. The highest BCUT2D eigenvalue weighted by atomic mass is 32.2. The maximum atomic E-state index is 13.3. The third-order valence-corrected chi connectivity index (χ3v) is 11.6. The fraction of sp³-hybridized carbons (Fsp3) is 0.656. The number of nitrogens with zero attached hydrogens (tertiary/aromatic N) is 4. The second-order valence-electron chi connectivity index (χ2n) is 13.2. The molecule has 2 amide bonds. The number of piperidine rings is 1. The molecule has 3 fully saturated rings. The molecular weight excluding hydrogens is 607 g/mol. The number of aryl methyl sites for hydroxylation is 2. The van der Waals surface area contributed by atoms with Crippen LogP contribution in [-0.2, 0) is 14.8 Å². The lowest BCUT2D eigenvalue weighted by Crippen LogP contribution is -2.50. The quantitative estimate of drug-likeness (QED) is 0.468. The third kappa shape index (κ3) is 7.79. The monoisotopic (exact) mass is 651 g/mol. The predicted molar refractivity (Wildman–Crippen MR) is 167 cm³/mol. The maximum absolute atomic E-state index is 13.3. The van der Waals surface area contributed by atoms with Crippen molar-refractivity contribution in [3.8, 4) is 0 Å². The molecular formula is C32H44F3N5O4S. The molecule has 45 heavy (non-hydrogen) atoms. The summed E-state index contributed by atoms with van der Waals surface area (Å²) in [6.45, 7) is 7.05. The van der Waals surface area contributed by atoms with Crippen molar-refractivity contribution in [1.29, 1.82) is 0 Å². The number of amides is 2. The van der Waals surface area contributed by atoms with Gasteiger partial charge in [-0.15, -0.1) is 0 Å². The average Bonchev–Trinajstić information content (AvgIpc) is 3.30. The Labute approximate surface area is 264 Å². The Bertz CT molecular complexity index is 1430. The molecule has 1 aromatic rings. The highest BCUT2D eigenvalue weighted by Gasteiger charge is 2.48. The van der Waals surface area contributed by atoms with E-state index in [4.69, 9.17) is 4.99 Å². The molecule has 0 radical (unpaired) electrons.